The van der Waals surface area contributed by atoms with Crippen LogP contribution in [-0.2, 0) is 4.79 Å². The second kappa shape index (κ2) is 4.70. The fourth-order valence-corrected chi connectivity index (χ4v) is 1.96. The molecule has 6 heteroatoms. The van der Waals surface area contributed by atoms with E-state index in [0.717, 1.165) is 0 Å². The minimum Gasteiger partial charge on any atom is -0.478 e. The van der Waals surface area contributed by atoms with Crippen molar-refractivity contribution in [1.82, 2.24) is 10.3 Å². The number of nitrogens with zero attached hydrogens (tertiary/aromatic N) is 2. The van der Waals surface area contributed by atoms with Gasteiger partial charge in [-0.2, -0.15) is 0 Å². The standard InChI is InChI=1S/C14H17N3O3/c1-7(2)14(4)13(20)16-11(17-14)10-9(12(18)19)6-5-8(3)15-10/h5-7H,1-4H3,(H,18,19)(H,16,17,20)/t14-/m0/s1. The highest BCUT2D eigenvalue weighted by Crippen LogP contribution is 2.27. The van der Waals surface area contributed by atoms with Crippen LogP contribution in [0.4, 0.5) is 0 Å². The molecular formula is C14H17N3O3. The summed E-state index contributed by atoms with van der Waals surface area (Å²) in [6, 6.07) is 3.09. The first-order valence-corrected chi connectivity index (χ1v) is 6.38. The van der Waals surface area contributed by atoms with E-state index < -0.39 is 11.5 Å². The molecule has 6 nitrogen and oxygen atoms in total. The molecule has 2 heterocycles. The summed E-state index contributed by atoms with van der Waals surface area (Å²) in [5, 5.41) is 11.9. The molecule has 1 aromatic rings. The molecule has 0 unspecified atom stereocenters. The number of aryl methyl sites for hydroxylation is 1. The van der Waals surface area contributed by atoms with Gasteiger partial charge in [-0.3, -0.25) is 4.79 Å². The van der Waals surface area contributed by atoms with E-state index in [1.54, 1.807) is 19.9 Å². The molecule has 0 saturated heterocycles. The Balaban J connectivity index is 2.56. The third-order valence-corrected chi connectivity index (χ3v) is 3.65. The van der Waals surface area contributed by atoms with Crippen LogP contribution in [0.25, 0.3) is 0 Å². The Morgan fingerprint density at radius 3 is 2.55 bits per heavy atom. The third-order valence-electron chi connectivity index (χ3n) is 3.65. The quantitative estimate of drug-likeness (QED) is 0.871. The fraction of sp³-hybridized carbons (Fsp3) is 0.429. The van der Waals surface area contributed by atoms with Gasteiger partial charge in [0.15, 0.2) is 5.84 Å². The molecule has 2 rings (SSSR count). The predicted octanol–water partition coefficient (Wildman–Crippen LogP) is 1.38. The van der Waals surface area contributed by atoms with Gasteiger partial charge in [0.25, 0.3) is 5.91 Å². The Morgan fingerprint density at radius 1 is 1.40 bits per heavy atom. The smallest absolute Gasteiger partial charge is 0.338 e. The number of pyridine rings is 1. The highest BCUT2D eigenvalue weighted by Gasteiger charge is 2.43. The van der Waals surface area contributed by atoms with Crippen molar-refractivity contribution in [3.63, 3.8) is 0 Å². The largest absolute Gasteiger partial charge is 0.478 e. The first-order valence-electron chi connectivity index (χ1n) is 6.38. The first kappa shape index (κ1) is 14.2. The van der Waals surface area contributed by atoms with Gasteiger partial charge in [-0.1, -0.05) is 13.8 Å². The van der Waals surface area contributed by atoms with Crippen LogP contribution in [0.15, 0.2) is 17.1 Å². The van der Waals surface area contributed by atoms with E-state index in [4.69, 9.17) is 0 Å². The van der Waals surface area contributed by atoms with Gasteiger partial charge in [-0.25, -0.2) is 14.8 Å². The van der Waals surface area contributed by atoms with Crippen LogP contribution in [0.1, 0.15) is 42.5 Å². The van der Waals surface area contributed by atoms with Gasteiger partial charge < -0.3 is 10.4 Å². The number of carboxylic acid groups (broad SMARTS) is 1. The van der Waals surface area contributed by atoms with Gasteiger partial charge in [0.05, 0.1) is 5.56 Å². The number of carboxylic acids is 1. The fourth-order valence-electron chi connectivity index (χ4n) is 1.96. The maximum atomic E-state index is 12.1. The molecule has 2 N–H and O–H groups in total. The topological polar surface area (TPSA) is 91.6 Å². The lowest BCUT2D eigenvalue weighted by Gasteiger charge is -2.21. The van der Waals surface area contributed by atoms with E-state index in [-0.39, 0.29) is 28.9 Å². The monoisotopic (exact) mass is 275 g/mol. The van der Waals surface area contributed by atoms with Crippen molar-refractivity contribution in [3.8, 4) is 0 Å². The van der Waals surface area contributed by atoms with Crippen molar-refractivity contribution >= 4 is 17.7 Å². The molecule has 1 atom stereocenters. The van der Waals surface area contributed by atoms with Crippen molar-refractivity contribution in [1.29, 1.82) is 0 Å². The van der Waals surface area contributed by atoms with Crippen LogP contribution in [0, 0.1) is 12.8 Å². The number of amides is 1. The van der Waals surface area contributed by atoms with E-state index in [0.29, 0.717) is 5.69 Å². The SMILES string of the molecule is Cc1ccc(C(=O)O)c(C2=N[C@@](C)(C(C)C)C(=O)N2)n1. The summed E-state index contributed by atoms with van der Waals surface area (Å²) in [7, 11) is 0. The summed E-state index contributed by atoms with van der Waals surface area (Å²) in [6.07, 6.45) is 0. The lowest BCUT2D eigenvalue weighted by molar-refractivity contribution is -0.124. The summed E-state index contributed by atoms with van der Waals surface area (Å²) in [6.45, 7) is 7.28. The minimum atomic E-state index is -1.09. The number of nitrogens with one attached hydrogen (secondary N) is 1. The molecule has 0 radical (unpaired) electrons. The molecule has 1 aromatic heterocycles. The van der Waals surface area contributed by atoms with Crippen molar-refractivity contribution in [2.75, 3.05) is 0 Å². The number of carbonyl (C=O) groups is 2. The average molecular weight is 275 g/mol. The third kappa shape index (κ3) is 2.17. The number of amidine groups is 1. The molecular weight excluding hydrogens is 258 g/mol. The van der Waals surface area contributed by atoms with E-state index >= 15 is 0 Å². The number of carbonyl (C=O) groups excluding carboxylic acids is 1. The molecule has 0 aliphatic carbocycles. The summed E-state index contributed by atoms with van der Waals surface area (Å²) in [5.41, 5.74) is 0.00858. The first-order chi connectivity index (χ1) is 9.25. The van der Waals surface area contributed by atoms with Gasteiger partial charge >= 0.3 is 5.97 Å². The van der Waals surface area contributed by atoms with Gasteiger partial charge in [-0.05, 0) is 31.9 Å². The lowest BCUT2D eigenvalue weighted by Crippen LogP contribution is -2.41. The second-order valence-electron chi connectivity index (χ2n) is 5.37. The second-order valence-corrected chi connectivity index (χ2v) is 5.37. The van der Waals surface area contributed by atoms with Gasteiger partial charge in [0, 0.05) is 5.69 Å². The Hall–Kier alpha value is -2.24. The highest BCUT2D eigenvalue weighted by atomic mass is 16.4. The number of rotatable bonds is 3. The molecule has 106 valence electrons. The summed E-state index contributed by atoms with van der Waals surface area (Å²) in [4.78, 5) is 31.9. The van der Waals surface area contributed by atoms with Gasteiger partial charge in [0.2, 0.25) is 0 Å². The molecule has 20 heavy (non-hydrogen) atoms. The number of hydrogen-bond acceptors (Lipinski definition) is 4. The van der Waals surface area contributed by atoms with Gasteiger partial charge in [0.1, 0.15) is 11.2 Å². The van der Waals surface area contributed by atoms with Crippen molar-refractivity contribution in [2.24, 2.45) is 10.9 Å². The molecule has 0 bridgehead atoms. The highest BCUT2D eigenvalue weighted by molar-refractivity contribution is 6.17. The lowest BCUT2D eigenvalue weighted by atomic mass is 9.89. The number of hydrogen-bond donors (Lipinski definition) is 2. The molecule has 0 spiro atoms. The van der Waals surface area contributed by atoms with Crippen molar-refractivity contribution < 1.29 is 14.7 Å². The normalized spacial score (nSPS) is 21.9. The summed E-state index contributed by atoms with van der Waals surface area (Å²) >= 11 is 0. The van der Waals surface area contributed by atoms with E-state index in [1.165, 1.54) is 6.07 Å². The van der Waals surface area contributed by atoms with Crippen LogP contribution in [0.5, 0.6) is 0 Å². The summed E-state index contributed by atoms with van der Waals surface area (Å²) < 4.78 is 0. The minimum absolute atomic E-state index is 0.00177. The van der Waals surface area contributed by atoms with E-state index in [9.17, 15) is 14.7 Å². The number of aromatic nitrogens is 1. The van der Waals surface area contributed by atoms with Crippen LogP contribution in [0.3, 0.4) is 0 Å². The zero-order valence-electron chi connectivity index (χ0n) is 11.9. The van der Waals surface area contributed by atoms with E-state index in [1.807, 2.05) is 13.8 Å². The Morgan fingerprint density at radius 2 is 2.05 bits per heavy atom. The molecule has 0 saturated carbocycles. The van der Waals surface area contributed by atoms with Crippen LogP contribution < -0.4 is 5.32 Å². The van der Waals surface area contributed by atoms with Gasteiger partial charge in [-0.15, -0.1) is 0 Å². The molecule has 1 aliphatic heterocycles. The summed E-state index contributed by atoms with van der Waals surface area (Å²) in [5.74, 6) is -1.10. The van der Waals surface area contributed by atoms with Crippen molar-refractivity contribution in [3.05, 3.63) is 29.1 Å². The maximum Gasteiger partial charge on any atom is 0.338 e. The van der Waals surface area contributed by atoms with Crippen LogP contribution >= 0.6 is 0 Å². The average Bonchev–Trinajstić information content (AvgIpc) is 2.66. The Kier molecular flexibility index (Phi) is 3.33. The Bertz CT molecular complexity index is 622. The van der Waals surface area contributed by atoms with Crippen LogP contribution in [-0.4, -0.2) is 33.3 Å². The predicted molar refractivity (Wildman–Crippen MR) is 73.9 cm³/mol. The van der Waals surface area contributed by atoms with Crippen molar-refractivity contribution in [2.45, 2.75) is 33.2 Å². The zero-order valence-corrected chi connectivity index (χ0v) is 11.9. The number of aliphatic imine (C=N–C) groups is 1. The molecule has 1 aliphatic rings. The molecule has 0 aromatic carbocycles. The number of aromatic carboxylic acids is 1. The van der Waals surface area contributed by atoms with Crippen LogP contribution in [0.2, 0.25) is 0 Å². The maximum absolute atomic E-state index is 12.1. The Labute approximate surface area is 116 Å². The zero-order chi connectivity index (χ0) is 15.1. The van der Waals surface area contributed by atoms with E-state index in [2.05, 4.69) is 15.3 Å². The molecule has 1 amide bonds. The molecule has 0 fully saturated rings.